The molecule has 8 bridgehead atoms. The average molecular weight is 657 g/mol. The maximum atomic E-state index is 13.3. The van der Waals surface area contributed by atoms with Crippen molar-refractivity contribution in [2.24, 2.45) is 45.3 Å². The molecule has 4 saturated carbocycles. The number of esters is 4. The molecule has 8 heteroatoms. The van der Waals surface area contributed by atoms with Crippen LogP contribution in [0.2, 0.25) is 0 Å². The van der Waals surface area contributed by atoms with Crippen LogP contribution in [0, 0.1) is 45.3 Å². The molecular formula is C40H48O8. The van der Waals surface area contributed by atoms with Crippen molar-refractivity contribution in [3.05, 3.63) is 44.6 Å². The highest BCUT2D eigenvalue weighted by Crippen LogP contribution is 2.69. The summed E-state index contributed by atoms with van der Waals surface area (Å²) in [5.74, 6) is -0.107. The number of rotatable bonds is 0. The SMILES string of the molecule is CC1=C2CC[C@H](C)[C@]23C(=O)O[C@H]1[C@]12C(=O)O[C@H]3C(C)=C1CC[C@H]2C.CC1=C2CC[C@H](C)[C@]23C(=O)O[C@H]1[C@]12C(=O)O[C@H]3C(C)=C1CC[C@H]2C. The molecule has 4 spiro atoms. The lowest BCUT2D eigenvalue weighted by Gasteiger charge is -2.56. The maximum absolute atomic E-state index is 13.3. The van der Waals surface area contributed by atoms with Crippen LogP contribution in [-0.4, -0.2) is 48.3 Å². The van der Waals surface area contributed by atoms with Gasteiger partial charge in [0.05, 0.1) is 0 Å². The zero-order chi connectivity index (χ0) is 34.0. The third kappa shape index (κ3) is 2.90. The number of hydrogen-bond acceptors (Lipinski definition) is 8. The lowest BCUT2D eigenvalue weighted by atomic mass is 9.56. The van der Waals surface area contributed by atoms with Gasteiger partial charge in [0.1, 0.15) is 46.1 Å². The van der Waals surface area contributed by atoms with Gasteiger partial charge in [-0.3, -0.25) is 19.2 Å². The summed E-state index contributed by atoms with van der Waals surface area (Å²) in [6.07, 6.45) is 5.57. The van der Waals surface area contributed by atoms with Gasteiger partial charge in [0.25, 0.3) is 0 Å². The van der Waals surface area contributed by atoms with Crippen molar-refractivity contribution >= 4 is 23.9 Å². The third-order valence-electron chi connectivity index (χ3n) is 15.8. The first-order valence-corrected chi connectivity index (χ1v) is 18.4. The van der Waals surface area contributed by atoms with Crippen molar-refractivity contribution in [2.45, 2.75) is 131 Å². The van der Waals surface area contributed by atoms with E-state index in [4.69, 9.17) is 18.9 Å². The van der Waals surface area contributed by atoms with E-state index in [1.165, 1.54) is 22.3 Å². The first kappa shape index (κ1) is 30.9. The van der Waals surface area contributed by atoms with Gasteiger partial charge < -0.3 is 18.9 Å². The van der Waals surface area contributed by atoms with Gasteiger partial charge in [-0.1, -0.05) is 27.7 Å². The van der Waals surface area contributed by atoms with Crippen LogP contribution < -0.4 is 0 Å². The second kappa shape index (κ2) is 9.33. The fourth-order valence-corrected chi connectivity index (χ4v) is 13.4. The average Bonchev–Trinajstić information content (AvgIpc) is 3.79. The Labute approximate surface area is 282 Å². The quantitative estimate of drug-likeness (QED) is 0.163. The molecule has 0 unspecified atom stereocenters. The second-order valence-corrected chi connectivity index (χ2v) is 17.0. The van der Waals surface area contributed by atoms with E-state index in [0.29, 0.717) is 0 Å². The Hall–Kier alpha value is -3.16. The molecule has 0 aromatic carbocycles. The number of carbonyl (C=O) groups is 4. The zero-order valence-electron chi connectivity index (χ0n) is 29.5. The summed E-state index contributed by atoms with van der Waals surface area (Å²) in [6.45, 7) is 16.8. The lowest BCUT2D eigenvalue weighted by Crippen LogP contribution is -2.65. The van der Waals surface area contributed by atoms with E-state index in [9.17, 15) is 19.2 Å². The highest BCUT2D eigenvalue weighted by atomic mass is 16.6. The second-order valence-electron chi connectivity index (χ2n) is 17.0. The van der Waals surface area contributed by atoms with Crippen LogP contribution in [0.1, 0.15) is 107 Å². The van der Waals surface area contributed by atoms with E-state index >= 15 is 0 Å². The predicted molar refractivity (Wildman–Crippen MR) is 174 cm³/mol. The highest BCUT2D eigenvalue weighted by molar-refractivity contribution is 5.95. The Morgan fingerprint density at radius 1 is 0.396 bits per heavy atom. The van der Waals surface area contributed by atoms with E-state index in [-0.39, 0.29) is 47.5 Å². The molecule has 0 aromatic rings. The number of hydrogen-bond donors (Lipinski definition) is 0. The third-order valence-corrected chi connectivity index (χ3v) is 15.8. The summed E-state index contributed by atoms with van der Waals surface area (Å²) >= 11 is 0. The van der Waals surface area contributed by atoms with Crippen LogP contribution in [0.15, 0.2) is 44.6 Å². The highest BCUT2D eigenvalue weighted by Gasteiger charge is 2.75. The molecule has 10 aliphatic heterocycles. The van der Waals surface area contributed by atoms with Crippen LogP contribution in [0.5, 0.6) is 0 Å². The van der Waals surface area contributed by atoms with Gasteiger partial charge in [-0.05, 0) is 147 Å². The van der Waals surface area contributed by atoms with E-state index < -0.39 is 46.1 Å². The molecule has 0 amide bonds. The van der Waals surface area contributed by atoms with Crippen LogP contribution in [0.25, 0.3) is 0 Å². The first-order valence-electron chi connectivity index (χ1n) is 18.4. The molecule has 6 fully saturated rings. The van der Waals surface area contributed by atoms with Crippen molar-refractivity contribution in [1.29, 1.82) is 0 Å². The van der Waals surface area contributed by atoms with Gasteiger partial charge in [0.15, 0.2) is 0 Å². The van der Waals surface area contributed by atoms with Gasteiger partial charge in [-0.15, -0.1) is 0 Å². The van der Waals surface area contributed by atoms with Gasteiger partial charge in [-0.2, -0.15) is 0 Å². The van der Waals surface area contributed by atoms with Crippen LogP contribution in [0.3, 0.4) is 0 Å². The summed E-state index contributed by atoms with van der Waals surface area (Å²) in [5, 5.41) is 0. The van der Waals surface area contributed by atoms with E-state index in [1.54, 1.807) is 0 Å². The van der Waals surface area contributed by atoms with E-state index in [2.05, 4.69) is 55.4 Å². The Balaban J connectivity index is 0.000000131. The summed E-state index contributed by atoms with van der Waals surface area (Å²) in [4.78, 5) is 53.0. The molecular weight excluding hydrogens is 608 g/mol. The molecule has 12 atom stereocenters. The van der Waals surface area contributed by atoms with Crippen molar-refractivity contribution in [2.75, 3.05) is 0 Å². The minimum Gasteiger partial charge on any atom is -0.455 e. The molecule has 0 aromatic heterocycles. The normalized spacial score (nSPS) is 49.0. The van der Waals surface area contributed by atoms with Crippen LogP contribution in [-0.2, 0) is 38.1 Å². The zero-order valence-corrected chi connectivity index (χ0v) is 29.5. The summed E-state index contributed by atoms with van der Waals surface area (Å²) in [6, 6.07) is 0. The summed E-state index contributed by atoms with van der Waals surface area (Å²) < 4.78 is 24.3. The van der Waals surface area contributed by atoms with Crippen molar-refractivity contribution < 1.29 is 38.1 Å². The van der Waals surface area contributed by atoms with E-state index in [0.717, 1.165) is 73.7 Å². The van der Waals surface area contributed by atoms with Crippen molar-refractivity contribution in [3.8, 4) is 0 Å². The molecule has 6 aliphatic carbocycles. The fourth-order valence-electron chi connectivity index (χ4n) is 13.4. The minimum atomic E-state index is -0.786. The molecule has 48 heavy (non-hydrogen) atoms. The minimum absolute atomic E-state index is 0.133. The Morgan fingerprint density at radius 2 is 0.583 bits per heavy atom. The maximum Gasteiger partial charge on any atom is 0.321 e. The van der Waals surface area contributed by atoms with Gasteiger partial charge in [-0.25, -0.2) is 0 Å². The molecule has 10 heterocycles. The largest absolute Gasteiger partial charge is 0.455 e. The van der Waals surface area contributed by atoms with Gasteiger partial charge in [0, 0.05) is 0 Å². The molecule has 0 N–H and O–H groups in total. The lowest BCUT2D eigenvalue weighted by molar-refractivity contribution is -0.207. The fraction of sp³-hybridized carbons (Fsp3) is 0.700. The number of carbonyl (C=O) groups excluding carboxylic acids is 4. The Morgan fingerprint density at radius 3 is 0.771 bits per heavy atom. The molecule has 16 rings (SSSR count). The summed E-state index contributed by atoms with van der Waals surface area (Å²) in [5.41, 5.74) is 6.15. The smallest absolute Gasteiger partial charge is 0.321 e. The predicted octanol–water partition coefficient (Wildman–Crippen LogP) is 6.63. The Kier molecular flexibility index (Phi) is 6.00. The van der Waals surface area contributed by atoms with Gasteiger partial charge in [0.2, 0.25) is 0 Å². The molecule has 256 valence electrons. The monoisotopic (exact) mass is 656 g/mol. The standard InChI is InChI=1S/2C20H24O4/c2*1-9-5-7-13-11(3)16-20-10(2)6-8-14(20)12(4)15(23-18(20)22)19(9,13)17(21)24-16/h2*9-10,15-16H,5-8H2,1-4H3/t2*9-,10+,15-,16+,19-,20+. The Bertz CT molecular complexity index is 1520. The van der Waals surface area contributed by atoms with Crippen molar-refractivity contribution in [1.82, 2.24) is 0 Å². The first-order chi connectivity index (χ1) is 22.7. The van der Waals surface area contributed by atoms with Crippen LogP contribution >= 0.6 is 0 Å². The molecule has 8 nitrogen and oxygen atoms in total. The molecule has 2 saturated heterocycles. The van der Waals surface area contributed by atoms with E-state index in [1.807, 2.05) is 0 Å². The van der Waals surface area contributed by atoms with Crippen molar-refractivity contribution in [3.63, 3.8) is 0 Å². The molecule has 0 radical (unpaired) electrons. The van der Waals surface area contributed by atoms with Gasteiger partial charge >= 0.3 is 23.9 Å². The molecule has 16 aliphatic rings. The topological polar surface area (TPSA) is 105 Å². The number of ether oxygens (including phenoxy) is 4. The summed E-state index contributed by atoms with van der Waals surface area (Å²) in [7, 11) is 0. The van der Waals surface area contributed by atoms with Crippen LogP contribution in [0.4, 0.5) is 0 Å².